The molecule has 0 aliphatic carbocycles. The van der Waals surface area contributed by atoms with Gasteiger partial charge in [0, 0.05) is 31.1 Å². The Kier molecular flexibility index (Phi) is 6.19. The Morgan fingerprint density at radius 3 is 1.96 bits per heavy atom. The second kappa shape index (κ2) is 7.77. The van der Waals surface area contributed by atoms with E-state index in [-0.39, 0.29) is 12.4 Å². The molecule has 0 spiro atoms. The highest BCUT2D eigenvalue weighted by Crippen LogP contribution is 2.37. The van der Waals surface area contributed by atoms with Crippen LogP contribution in [0.5, 0.6) is 0 Å². The fourth-order valence-corrected chi connectivity index (χ4v) is 3.62. The van der Waals surface area contributed by atoms with Crippen LogP contribution >= 0.6 is 23.7 Å². The maximum atomic E-state index is 14.2. The normalized spacial score (nSPS) is 16.7. The van der Waals surface area contributed by atoms with Crippen molar-refractivity contribution in [2.75, 3.05) is 26.2 Å². The molecule has 2 aromatic rings. The van der Waals surface area contributed by atoms with Gasteiger partial charge in [0.15, 0.2) is 23.3 Å². The molecule has 0 amide bonds. The van der Waals surface area contributed by atoms with Crippen molar-refractivity contribution < 1.29 is 22.0 Å². The van der Waals surface area contributed by atoms with Crippen LogP contribution in [0.2, 0.25) is 0 Å². The van der Waals surface area contributed by atoms with Crippen LogP contribution in [0, 0.1) is 29.1 Å². The van der Waals surface area contributed by atoms with E-state index in [0.29, 0.717) is 31.1 Å². The minimum absolute atomic E-state index is 0. The fourth-order valence-electron chi connectivity index (χ4n) is 2.75. The van der Waals surface area contributed by atoms with Crippen LogP contribution in [0.25, 0.3) is 0 Å². The summed E-state index contributed by atoms with van der Waals surface area (Å²) in [6, 6.07) is 2.32. The SMILES string of the molecule is Cl.Fc1c(F)c(F)c([C@@H](c2cccs2)N2CCNCC2)c(F)c1F. The van der Waals surface area contributed by atoms with Gasteiger partial charge in [-0.15, -0.1) is 23.7 Å². The van der Waals surface area contributed by atoms with Crippen molar-refractivity contribution in [2.45, 2.75) is 6.04 Å². The van der Waals surface area contributed by atoms with E-state index in [2.05, 4.69) is 5.32 Å². The molecule has 132 valence electrons. The van der Waals surface area contributed by atoms with Crippen molar-refractivity contribution in [3.63, 3.8) is 0 Å². The minimum atomic E-state index is -2.13. The number of hydrogen-bond donors (Lipinski definition) is 1. The molecule has 2 heterocycles. The van der Waals surface area contributed by atoms with Crippen LogP contribution < -0.4 is 5.32 Å². The Labute approximate surface area is 145 Å². The number of thiophene rings is 1. The molecule has 0 radical (unpaired) electrons. The third kappa shape index (κ3) is 3.28. The quantitative estimate of drug-likeness (QED) is 0.491. The van der Waals surface area contributed by atoms with Gasteiger partial charge in [-0.25, -0.2) is 22.0 Å². The van der Waals surface area contributed by atoms with Crippen molar-refractivity contribution in [3.05, 3.63) is 57.0 Å². The average Bonchev–Trinajstić information content (AvgIpc) is 3.10. The zero-order valence-corrected chi connectivity index (χ0v) is 13.9. The molecule has 1 aromatic carbocycles. The predicted octanol–water partition coefficient (Wildman–Crippen LogP) is 3.86. The molecule has 0 bridgehead atoms. The number of nitrogens with zero attached hydrogens (tertiary/aromatic N) is 1. The van der Waals surface area contributed by atoms with Gasteiger partial charge < -0.3 is 5.32 Å². The average molecular weight is 385 g/mol. The van der Waals surface area contributed by atoms with E-state index in [1.807, 2.05) is 0 Å². The van der Waals surface area contributed by atoms with Gasteiger partial charge in [-0.2, -0.15) is 0 Å². The molecule has 0 saturated carbocycles. The van der Waals surface area contributed by atoms with E-state index in [1.54, 1.807) is 22.4 Å². The van der Waals surface area contributed by atoms with Crippen LogP contribution in [0.3, 0.4) is 0 Å². The van der Waals surface area contributed by atoms with Crippen molar-refractivity contribution >= 4 is 23.7 Å². The Balaban J connectivity index is 0.00000208. The first-order valence-corrected chi connectivity index (χ1v) is 7.89. The van der Waals surface area contributed by atoms with Gasteiger partial charge in [-0.05, 0) is 11.4 Å². The van der Waals surface area contributed by atoms with Crippen LogP contribution in [0.15, 0.2) is 17.5 Å². The summed E-state index contributed by atoms with van der Waals surface area (Å²) in [5, 5.41) is 4.80. The molecule has 1 atom stereocenters. The summed E-state index contributed by atoms with van der Waals surface area (Å²) in [6.07, 6.45) is 0. The lowest BCUT2D eigenvalue weighted by Crippen LogP contribution is -2.45. The summed E-state index contributed by atoms with van der Waals surface area (Å²) in [5.41, 5.74) is -0.786. The highest BCUT2D eigenvalue weighted by Gasteiger charge is 2.35. The lowest BCUT2D eigenvalue weighted by Gasteiger charge is -2.35. The zero-order chi connectivity index (χ0) is 16.6. The van der Waals surface area contributed by atoms with Crippen molar-refractivity contribution in [2.24, 2.45) is 0 Å². The van der Waals surface area contributed by atoms with Crippen LogP contribution in [-0.4, -0.2) is 31.1 Å². The standard InChI is InChI=1S/C15H13F5N2S.ClH/c16-10-9(11(17)13(19)14(20)12(10)18)15(8-2-1-7-23-8)22-5-3-21-4-6-22;/h1-2,7,15,21H,3-6H2;1H/t15-;/m1./s1. The molecule has 3 rings (SSSR count). The van der Waals surface area contributed by atoms with Crippen LogP contribution in [0.4, 0.5) is 22.0 Å². The van der Waals surface area contributed by atoms with Gasteiger partial charge in [-0.3, -0.25) is 4.90 Å². The largest absolute Gasteiger partial charge is 0.314 e. The van der Waals surface area contributed by atoms with Crippen molar-refractivity contribution in [1.82, 2.24) is 10.2 Å². The molecule has 1 aromatic heterocycles. The Bertz CT molecular complexity index is 675. The molecule has 2 nitrogen and oxygen atoms in total. The van der Waals surface area contributed by atoms with Crippen LogP contribution in [0.1, 0.15) is 16.5 Å². The number of halogens is 6. The van der Waals surface area contributed by atoms with Gasteiger partial charge in [0.2, 0.25) is 5.82 Å². The van der Waals surface area contributed by atoms with Gasteiger partial charge in [-0.1, -0.05) is 6.07 Å². The summed E-state index contributed by atoms with van der Waals surface area (Å²) >= 11 is 1.22. The van der Waals surface area contributed by atoms with E-state index in [1.165, 1.54) is 11.3 Å². The topological polar surface area (TPSA) is 15.3 Å². The first-order valence-electron chi connectivity index (χ1n) is 7.02. The molecule has 1 aliphatic heterocycles. The molecular formula is C15H14ClF5N2S. The minimum Gasteiger partial charge on any atom is -0.314 e. The highest BCUT2D eigenvalue weighted by atomic mass is 35.5. The number of piperazine rings is 1. The maximum Gasteiger partial charge on any atom is 0.200 e. The monoisotopic (exact) mass is 384 g/mol. The summed E-state index contributed by atoms with van der Waals surface area (Å²) in [7, 11) is 0. The van der Waals surface area contributed by atoms with E-state index in [9.17, 15) is 22.0 Å². The molecule has 1 fully saturated rings. The van der Waals surface area contributed by atoms with Gasteiger partial charge in [0.25, 0.3) is 0 Å². The predicted molar refractivity (Wildman–Crippen MR) is 84.1 cm³/mol. The van der Waals surface area contributed by atoms with E-state index < -0.39 is 40.7 Å². The van der Waals surface area contributed by atoms with E-state index in [0.717, 1.165) is 0 Å². The Hall–Kier alpha value is -1.22. The third-order valence-electron chi connectivity index (χ3n) is 3.85. The van der Waals surface area contributed by atoms with E-state index >= 15 is 0 Å². The molecule has 9 heteroatoms. The smallest absolute Gasteiger partial charge is 0.200 e. The lowest BCUT2D eigenvalue weighted by molar-refractivity contribution is 0.190. The Morgan fingerprint density at radius 2 is 1.46 bits per heavy atom. The highest BCUT2D eigenvalue weighted by molar-refractivity contribution is 7.10. The van der Waals surface area contributed by atoms with Crippen LogP contribution in [-0.2, 0) is 0 Å². The van der Waals surface area contributed by atoms with Gasteiger partial charge >= 0.3 is 0 Å². The molecular weight excluding hydrogens is 371 g/mol. The van der Waals surface area contributed by atoms with E-state index in [4.69, 9.17) is 0 Å². The summed E-state index contributed by atoms with van der Waals surface area (Å²) < 4.78 is 68.9. The third-order valence-corrected chi connectivity index (χ3v) is 4.77. The molecule has 1 saturated heterocycles. The first kappa shape index (κ1) is 19.1. The molecule has 1 N–H and O–H groups in total. The number of rotatable bonds is 3. The molecule has 24 heavy (non-hydrogen) atoms. The zero-order valence-electron chi connectivity index (χ0n) is 12.3. The molecule has 1 aliphatic rings. The van der Waals surface area contributed by atoms with Gasteiger partial charge in [0.1, 0.15) is 0 Å². The number of hydrogen-bond acceptors (Lipinski definition) is 3. The fraction of sp³-hybridized carbons (Fsp3) is 0.333. The summed E-state index contributed by atoms with van der Waals surface area (Å²) in [5.74, 6) is -9.48. The van der Waals surface area contributed by atoms with Gasteiger partial charge in [0.05, 0.1) is 11.6 Å². The summed E-state index contributed by atoms with van der Waals surface area (Å²) in [4.78, 5) is 2.26. The Morgan fingerprint density at radius 1 is 0.917 bits per heavy atom. The molecule has 0 unspecified atom stereocenters. The maximum absolute atomic E-state index is 14.2. The second-order valence-corrected chi connectivity index (χ2v) is 6.17. The summed E-state index contributed by atoms with van der Waals surface area (Å²) in [6.45, 7) is 2.05. The number of nitrogens with one attached hydrogen (secondary N) is 1. The van der Waals surface area contributed by atoms with Crippen molar-refractivity contribution in [1.29, 1.82) is 0 Å². The second-order valence-electron chi connectivity index (χ2n) is 5.19. The first-order chi connectivity index (χ1) is 11.0. The van der Waals surface area contributed by atoms with Crippen molar-refractivity contribution in [3.8, 4) is 0 Å². The lowest BCUT2D eigenvalue weighted by atomic mass is 10.0. The number of benzene rings is 1.